The molecule has 0 radical (unpaired) electrons. The van der Waals surface area contributed by atoms with Crippen molar-refractivity contribution in [1.82, 2.24) is 4.90 Å². The Bertz CT molecular complexity index is 356. The van der Waals surface area contributed by atoms with E-state index < -0.39 is 5.92 Å². The minimum atomic E-state index is -2.85. The van der Waals surface area contributed by atoms with Crippen LogP contribution >= 0.6 is 0 Å². The molecule has 0 bridgehead atoms. The molecule has 0 unspecified atom stereocenters. The van der Waals surface area contributed by atoms with Crippen LogP contribution in [0, 0.1) is 0 Å². The Morgan fingerprint density at radius 3 is 2.65 bits per heavy atom. The maximum atomic E-state index is 14.0. The zero-order valence-electron chi connectivity index (χ0n) is 9.65. The van der Waals surface area contributed by atoms with E-state index in [1.54, 1.807) is 23.1 Å². The van der Waals surface area contributed by atoms with Crippen molar-refractivity contribution in [2.45, 2.75) is 24.8 Å². The van der Waals surface area contributed by atoms with E-state index in [1.165, 1.54) is 12.1 Å². The third-order valence-electron chi connectivity index (χ3n) is 3.31. The molecule has 1 saturated heterocycles. The first-order valence-electron chi connectivity index (χ1n) is 5.92. The standard InChI is InChI=1S/C13H17F2NO/c14-13(15,11-5-2-1-3-6-11)10-16-8-4-7-12(16)9-17/h1-3,5-6,12,17H,4,7-10H2/t12-/m0/s1. The fourth-order valence-corrected chi connectivity index (χ4v) is 2.34. The third kappa shape index (κ3) is 2.82. The molecule has 0 aliphatic carbocycles. The van der Waals surface area contributed by atoms with Gasteiger partial charge in [0.15, 0.2) is 0 Å². The summed E-state index contributed by atoms with van der Waals surface area (Å²) in [5, 5.41) is 9.12. The van der Waals surface area contributed by atoms with Crippen molar-refractivity contribution in [3.05, 3.63) is 35.9 Å². The van der Waals surface area contributed by atoms with Gasteiger partial charge in [-0.15, -0.1) is 0 Å². The number of aliphatic hydroxyl groups excluding tert-OH is 1. The van der Waals surface area contributed by atoms with Crippen LogP contribution < -0.4 is 0 Å². The SMILES string of the molecule is OC[C@@H]1CCCN1CC(F)(F)c1ccccc1. The second-order valence-corrected chi connectivity index (χ2v) is 4.52. The van der Waals surface area contributed by atoms with Gasteiger partial charge in [0.1, 0.15) is 0 Å². The van der Waals surface area contributed by atoms with Gasteiger partial charge < -0.3 is 5.11 Å². The van der Waals surface area contributed by atoms with Gasteiger partial charge in [-0.1, -0.05) is 30.3 Å². The molecule has 1 aromatic rings. The Labute approximate surface area is 99.9 Å². The number of rotatable bonds is 4. The highest BCUT2D eigenvalue weighted by Crippen LogP contribution is 2.31. The first-order chi connectivity index (χ1) is 8.13. The van der Waals surface area contributed by atoms with Gasteiger partial charge in [-0.25, -0.2) is 0 Å². The van der Waals surface area contributed by atoms with Gasteiger partial charge in [0.05, 0.1) is 13.2 Å². The minimum absolute atomic E-state index is 0.0368. The summed E-state index contributed by atoms with van der Waals surface area (Å²) >= 11 is 0. The first-order valence-corrected chi connectivity index (χ1v) is 5.92. The molecule has 1 atom stereocenters. The van der Waals surface area contributed by atoms with Crippen molar-refractivity contribution in [2.75, 3.05) is 19.7 Å². The molecule has 17 heavy (non-hydrogen) atoms. The Hall–Kier alpha value is -1.00. The minimum Gasteiger partial charge on any atom is -0.395 e. The van der Waals surface area contributed by atoms with E-state index in [9.17, 15) is 8.78 Å². The van der Waals surface area contributed by atoms with Crippen LogP contribution in [0.15, 0.2) is 30.3 Å². The van der Waals surface area contributed by atoms with Crippen LogP contribution in [0.4, 0.5) is 8.78 Å². The molecular formula is C13H17F2NO. The fourth-order valence-electron chi connectivity index (χ4n) is 2.34. The number of halogens is 2. The van der Waals surface area contributed by atoms with Crippen LogP contribution in [0.1, 0.15) is 18.4 Å². The van der Waals surface area contributed by atoms with Gasteiger partial charge in [0, 0.05) is 11.6 Å². The first kappa shape index (κ1) is 12.5. The fraction of sp³-hybridized carbons (Fsp3) is 0.538. The molecule has 1 aliphatic heterocycles. The number of likely N-dealkylation sites (tertiary alicyclic amines) is 1. The van der Waals surface area contributed by atoms with Gasteiger partial charge in [-0.05, 0) is 19.4 Å². The van der Waals surface area contributed by atoms with Crippen LogP contribution in [0.25, 0.3) is 0 Å². The van der Waals surface area contributed by atoms with Crippen LogP contribution in [0.5, 0.6) is 0 Å². The molecule has 0 aromatic heterocycles. The zero-order chi connectivity index (χ0) is 12.3. The van der Waals surface area contributed by atoms with Gasteiger partial charge in [-0.3, -0.25) is 4.90 Å². The van der Waals surface area contributed by atoms with E-state index in [0.29, 0.717) is 6.54 Å². The lowest BCUT2D eigenvalue weighted by atomic mass is 10.1. The summed E-state index contributed by atoms with van der Waals surface area (Å²) < 4.78 is 28.0. The lowest BCUT2D eigenvalue weighted by Gasteiger charge is -2.27. The maximum Gasteiger partial charge on any atom is 0.285 e. The van der Waals surface area contributed by atoms with Gasteiger partial charge >= 0.3 is 0 Å². The van der Waals surface area contributed by atoms with E-state index in [1.807, 2.05) is 0 Å². The monoisotopic (exact) mass is 241 g/mol. The Morgan fingerprint density at radius 2 is 2.00 bits per heavy atom. The second kappa shape index (κ2) is 5.10. The molecule has 1 heterocycles. The quantitative estimate of drug-likeness (QED) is 0.873. The number of hydrogen-bond acceptors (Lipinski definition) is 2. The largest absolute Gasteiger partial charge is 0.395 e. The highest BCUT2D eigenvalue weighted by molar-refractivity contribution is 5.20. The Balaban J connectivity index is 2.07. The number of hydrogen-bond donors (Lipinski definition) is 1. The van der Waals surface area contributed by atoms with Crippen LogP contribution in [-0.4, -0.2) is 35.7 Å². The molecular weight excluding hydrogens is 224 g/mol. The smallest absolute Gasteiger partial charge is 0.285 e. The summed E-state index contributed by atoms with van der Waals surface area (Å²) in [4.78, 5) is 1.69. The molecule has 1 N–H and O–H groups in total. The molecule has 1 fully saturated rings. The third-order valence-corrected chi connectivity index (χ3v) is 3.31. The normalized spacial score (nSPS) is 21.9. The van der Waals surface area contributed by atoms with Crippen LogP contribution in [0.3, 0.4) is 0 Å². The summed E-state index contributed by atoms with van der Waals surface area (Å²) in [5.41, 5.74) is 0.0450. The average Bonchev–Trinajstić information content (AvgIpc) is 2.77. The molecule has 2 nitrogen and oxygen atoms in total. The Morgan fingerprint density at radius 1 is 1.29 bits per heavy atom. The maximum absolute atomic E-state index is 14.0. The summed E-state index contributed by atoms with van der Waals surface area (Å²) in [6, 6.07) is 7.76. The summed E-state index contributed by atoms with van der Waals surface area (Å²) in [7, 11) is 0. The topological polar surface area (TPSA) is 23.5 Å². The predicted octanol–water partition coefficient (Wildman–Crippen LogP) is 2.24. The van der Waals surface area contributed by atoms with Crippen molar-refractivity contribution >= 4 is 0 Å². The van der Waals surface area contributed by atoms with Gasteiger partial charge in [0.2, 0.25) is 0 Å². The molecule has 0 saturated carbocycles. The highest BCUT2D eigenvalue weighted by Gasteiger charge is 2.37. The van der Waals surface area contributed by atoms with Crippen LogP contribution in [-0.2, 0) is 5.92 Å². The van der Waals surface area contributed by atoms with Crippen LogP contribution in [0.2, 0.25) is 0 Å². The summed E-state index contributed by atoms with van der Waals surface area (Å²) in [6.45, 7) is 0.306. The van der Waals surface area contributed by atoms with E-state index in [4.69, 9.17) is 5.11 Å². The van der Waals surface area contributed by atoms with Crippen molar-refractivity contribution in [2.24, 2.45) is 0 Å². The summed E-state index contributed by atoms with van der Waals surface area (Å²) in [5.74, 6) is -2.85. The molecule has 0 spiro atoms. The second-order valence-electron chi connectivity index (χ2n) is 4.52. The van der Waals surface area contributed by atoms with Crippen molar-refractivity contribution in [3.63, 3.8) is 0 Å². The summed E-state index contributed by atoms with van der Waals surface area (Å²) in [6.07, 6.45) is 1.69. The van der Waals surface area contributed by atoms with E-state index >= 15 is 0 Å². The zero-order valence-corrected chi connectivity index (χ0v) is 9.65. The number of aliphatic hydroxyl groups is 1. The van der Waals surface area contributed by atoms with E-state index in [0.717, 1.165) is 12.8 Å². The van der Waals surface area contributed by atoms with Crippen molar-refractivity contribution < 1.29 is 13.9 Å². The van der Waals surface area contributed by atoms with Gasteiger partial charge in [0.25, 0.3) is 5.92 Å². The number of benzene rings is 1. The van der Waals surface area contributed by atoms with E-state index in [-0.39, 0.29) is 24.8 Å². The highest BCUT2D eigenvalue weighted by atomic mass is 19.3. The number of alkyl halides is 2. The molecule has 2 rings (SSSR count). The molecule has 1 aromatic carbocycles. The molecule has 0 amide bonds. The predicted molar refractivity (Wildman–Crippen MR) is 62.0 cm³/mol. The molecule has 4 heteroatoms. The Kier molecular flexibility index (Phi) is 3.74. The number of nitrogens with zero attached hydrogens (tertiary/aromatic N) is 1. The lowest BCUT2D eigenvalue weighted by Crippen LogP contribution is -2.40. The molecule has 1 aliphatic rings. The molecule has 94 valence electrons. The van der Waals surface area contributed by atoms with E-state index in [2.05, 4.69) is 0 Å². The van der Waals surface area contributed by atoms with Crippen molar-refractivity contribution in [1.29, 1.82) is 0 Å². The average molecular weight is 241 g/mol. The van der Waals surface area contributed by atoms with Crippen molar-refractivity contribution in [3.8, 4) is 0 Å². The lowest BCUT2D eigenvalue weighted by molar-refractivity contribution is -0.0448. The van der Waals surface area contributed by atoms with Gasteiger partial charge in [-0.2, -0.15) is 8.78 Å².